The van der Waals surface area contributed by atoms with Crippen molar-refractivity contribution in [2.75, 3.05) is 24.2 Å². The molecule has 1 aliphatic heterocycles. The summed E-state index contributed by atoms with van der Waals surface area (Å²) >= 11 is 1.10. The van der Waals surface area contributed by atoms with Gasteiger partial charge in [0.2, 0.25) is 21.8 Å². The van der Waals surface area contributed by atoms with Gasteiger partial charge in [0.1, 0.15) is 0 Å². The van der Waals surface area contributed by atoms with Gasteiger partial charge in [-0.15, -0.1) is 10.2 Å². The molecular weight excluding hydrogens is 438 g/mol. The van der Waals surface area contributed by atoms with E-state index in [0.717, 1.165) is 36.6 Å². The number of pyridine rings is 1. The molecule has 1 aromatic carbocycles. The number of amides is 1. The number of nitrogens with zero attached hydrogens (tertiary/aromatic N) is 4. The van der Waals surface area contributed by atoms with E-state index in [0.29, 0.717) is 24.7 Å². The van der Waals surface area contributed by atoms with E-state index >= 15 is 0 Å². The third-order valence-electron chi connectivity index (χ3n) is 4.73. The molecule has 162 valence electrons. The van der Waals surface area contributed by atoms with Crippen LogP contribution in [0.4, 0.5) is 5.69 Å². The number of carbonyl (C=O) groups is 1. The van der Waals surface area contributed by atoms with Crippen molar-refractivity contribution >= 4 is 33.4 Å². The second-order valence-corrected chi connectivity index (χ2v) is 9.80. The van der Waals surface area contributed by atoms with Crippen molar-refractivity contribution < 1.29 is 17.6 Å². The standard InChI is InChI=1S/C20H21N5O4S2/c26-18(14-30-20-24-23-19(29-20)15-7-9-21-10-8-15)22-16-5-4-6-17(13-16)31(27,28)25-11-2-1-3-12-25/h4-10,13H,1-3,11-12,14H2,(H,22,26). The van der Waals surface area contributed by atoms with Crippen molar-refractivity contribution in [3.05, 3.63) is 48.8 Å². The highest BCUT2D eigenvalue weighted by Gasteiger charge is 2.26. The van der Waals surface area contributed by atoms with E-state index in [4.69, 9.17) is 4.42 Å². The normalized spacial score (nSPS) is 15.0. The van der Waals surface area contributed by atoms with Crippen molar-refractivity contribution in [1.82, 2.24) is 19.5 Å². The van der Waals surface area contributed by atoms with Crippen molar-refractivity contribution in [2.45, 2.75) is 29.4 Å². The molecule has 3 heterocycles. The summed E-state index contributed by atoms with van der Waals surface area (Å²) in [6.45, 7) is 1.06. The van der Waals surface area contributed by atoms with Crippen LogP contribution in [0.25, 0.3) is 11.5 Å². The fraction of sp³-hybridized carbons (Fsp3) is 0.300. The lowest BCUT2D eigenvalue weighted by Crippen LogP contribution is -2.35. The first kappa shape index (κ1) is 21.5. The molecule has 1 amide bonds. The average molecular weight is 460 g/mol. The van der Waals surface area contributed by atoms with E-state index < -0.39 is 10.0 Å². The van der Waals surface area contributed by atoms with E-state index in [-0.39, 0.29) is 21.8 Å². The monoisotopic (exact) mass is 459 g/mol. The summed E-state index contributed by atoms with van der Waals surface area (Å²) in [6.07, 6.45) is 6.03. The maximum Gasteiger partial charge on any atom is 0.277 e. The molecule has 1 N–H and O–H groups in total. The van der Waals surface area contributed by atoms with Crippen LogP contribution >= 0.6 is 11.8 Å². The molecule has 1 saturated heterocycles. The molecule has 31 heavy (non-hydrogen) atoms. The molecule has 11 heteroatoms. The molecule has 2 aromatic heterocycles. The minimum atomic E-state index is -3.56. The lowest BCUT2D eigenvalue weighted by atomic mass is 10.2. The fourth-order valence-electron chi connectivity index (χ4n) is 3.19. The number of benzene rings is 1. The van der Waals surface area contributed by atoms with E-state index in [1.807, 2.05) is 0 Å². The summed E-state index contributed by atoms with van der Waals surface area (Å²) in [4.78, 5) is 16.5. The second-order valence-electron chi connectivity index (χ2n) is 6.94. The number of nitrogens with one attached hydrogen (secondary N) is 1. The average Bonchev–Trinajstić information content (AvgIpc) is 3.28. The van der Waals surface area contributed by atoms with Gasteiger partial charge in [0.25, 0.3) is 5.22 Å². The van der Waals surface area contributed by atoms with Gasteiger partial charge in [0, 0.05) is 36.7 Å². The molecule has 9 nitrogen and oxygen atoms in total. The third kappa shape index (κ3) is 5.30. The lowest BCUT2D eigenvalue weighted by molar-refractivity contribution is -0.113. The summed E-state index contributed by atoms with van der Waals surface area (Å²) in [5.41, 5.74) is 1.16. The minimum absolute atomic E-state index is 0.0427. The van der Waals surface area contributed by atoms with Gasteiger partial charge in [0.15, 0.2) is 0 Å². The number of aromatic nitrogens is 3. The summed E-state index contributed by atoms with van der Waals surface area (Å²) in [5.74, 6) is 0.0864. The molecule has 0 aliphatic carbocycles. The number of sulfonamides is 1. The maximum absolute atomic E-state index is 12.8. The topological polar surface area (TPSA) is 118 Å². The zero-order valence-corrected chi connectivity index (χ0v) is 18.2. The Morgan fingerprint density at radius 3 is 2.65 bits per heavy atom. The summed E-state index contributed by atoms with van der Waals surface area (Å²) in [6, 6.07) is 9.82. The predicted octanol–water partition coefficient (Wildman–Crippen LogP) is 3.04. The molecule has 0 unspecified atom stereocenters. The molecule has 0 bridgehead atoms. The second kappa shape index (κ2) is 9.58. The van der Waals surface area contributed by atoms with Gasteiger partial charge in [-0.25, -0.2) is 8.42 Å². The van der Waals surface area contributed by atoms with Gasteiger partial charge >= 0.3 is 0 Å². The van der Waals surface area contributed by atoms with Crippen LogP contribution in [0.15, 0.2) is 63.3 Å². The van der Waals surface area contributed by atoms with Gasteiger partial charge < -0.3 is 9.73 Å². The van der Waals surface area contributed by atoms with E-state index in [1.54, 1.807) is 42.7 Å². The van der Waals surface area contributed by atoms with Crippen LogP contribution in [0.5, 0.6) is 0 Å². The third-order valence-corrected chi connectivity index (χ3v) is 7.44. The Kier molecular flexibility index (Phi) is 6.64. The van der Waals surface area contributed by atoms with Gasteiger partial charge in [0.05, 0.1) is 10.6 Å². The molecular formula is C20H21N5O4S2. The Bertz CT molecular complexity index is 1150. The van der Waals surface area contributed by atoms with Gasteiger partial charge in [-0.1, -0.05) is 24.2 Å². The Morgan fingerprint density at radius 1 is 1.10 bits per heavy atom. The Hall–Kier alpha value is -2.76. The van der Waals surface area contributed by atoms with Crippen LogP contribution in [0, 0.1) is 0 Å². The predicted molar refractivity (Wildman–Crippen MR) is 116 cm³/mol. The molecule has 0 atom stereocenters. The summed E-state index contributed by atoms with van der Waals surface area (Å²) in [7, 11) is -3.56. The first-order valence-electron chi connectivity index (χ1n) is 9.79. The SMILES string of the molecule is O=C(CSc1nnc(-c2ccncc2)o1)Nc1cccc(S(=O)(=O)N2CCCCC2)c1. The summed E-state index contributed by atoms with van der Waals surface area (Å²) in [5, 5.41) is 10.9. The number of hydrogen-bond donors (Lipinski definition) is 1. The molecule has 0 radical (unpaired) electrons. The number of thioether (sulfide) groups is 1. The van der Waals surface area contributed by atoms with Crippen LogP contribution in [0.1, 0.15) is 19.3 Å². The Morgan fingerprint density at radius 2 is 1.87 bits per heavy atom. The molecule has 3 aromatic rings. The highest BCUT2D eigenvalue weighted by molar-refractivity contribution is 7.99. The Labute approximate surface area is 184 Å². The molecule has 0 saturated carbocycles. The van der Waals surface area contributed by atoms with Crippen LogP contribution in [0.2, 0.25) is 0 Å². The summed E-state index contributed by atoms with van der Waals surface area (Å²) < 4.78 is 32.7. The van der Waals surface area contributed by atoms with Gasteiger partial charge in [-0.05, 0) is 43.2 Å². The van der Waals surface area contributed by atoms with Crippen molar-refractivity contribution in [2.24, 2.45) is 0 Å². The first-order valence-corrected chi connectivity index (χ1v) is 12.2. The zero-order chi connectivity index (χ0) is 21.7. The highest BCUT2D eigenvalue weighted by atomic mass is 32.2. The molecule has 4 rings (SSSR count). The van der Waals surface area contributed by atoms with Gasteiger partial charge in [-0.2, -0.15) is 4.31 Å². The van der Waals surface area contributed by atoms with Crippen LogP contribution in [-0.2, 0) is 14.8 Å². The van der Waals surface area contributed by atoms with Crippen LogP contribution in [-0.4, -0.2) is 52.7 Å². The maximum atomic E-state index is 12.8. The number of piperidine rings is 1. The number of carbonyl (C=O) groups excluding carboxylic acids is 1. The van der Waals surface area contributed by atoms with Crippen molar-refractivity contribution in [1.29, 1.82) is 0 Å². The van der Waals surface area contributed by atoms with Crippen molar-refractivity contribution in [3.63, 3.8) is 0 Å². The first-order chi connectivity index (χ1) is 15.0. The molecule has 0 spiro atoms. The fourth-order valence-corrected chi connectivity index (χ4v) is 5.32. The van der Waals surface area contributed by atoms with Crippen LogP contribution < -0.4 is 5.32 Å². The smallest absolute Gasteiger partial charge is 0.277 e. The Balaban J connectivity index is 1.36. The van der Waals surface area contributed by atoms with E-state index in [9.17, 15) is 13.2 Å². The quantitative estimate of drug-likeness (QED) is 0.536. The molecule has 1 aliphatic rings. The van der Waals surface area contributed by atoms with E-state index in [2.05, 4.69) is 20.5 Å². The number of rotatable bonds is 7. The minimum Gasteiger partial charge on any atom is -0.411 e. The lowest BCUT2D eigenvalue weighted by Gasteiger charge is -2.26. The van der Waals surface area contributed by atoms with Crippen molar-refractivity contribution in [3.8, 4) is 11.5 Å². The van der Waals surface area contributed by atoms with Crippen LogP contribution in [0.3, 0.4) is 0 Å². The number of hydrogen-bond acceptors (Lipinski definition) is 8. The largest absolute Gasteiger partial charge is 0.411 e. The van der Waals surface area contributed by atoms with Gasteiger partial charge in [-0.3, -0.25) is 9.78 Å². The zero-order valence-electron chi connectivity index (χ0n) is 16.6. The molecule has 1 fully saturated rings. The van der Waals surface area contributed by atoms with E-state index in [1.165, 1.54) is 10.4 Å². The number of anilines is 1. The highest BCUT2D eigenvalue weighted by Crippen LogP contribution is 2.24.